The first-order valence-electron chi connectivity index (χ1n) is 4.03. The fraction of sp³-hybridized carbons (Fsp3) is 0.286. The van der Waals surface area contributed by atoms with Crippen LogP contribution in [0, 0.1) is 0 Å². The first-order chi connectivity index (χ1) is 6.81. The van der Waals surface area contributed by atoms with Crippen LogP contribution < -0.4 is 11.3 Å². The number of hydrogen-bond acceptors (Lipinski definition) is 6. The molecule has 0 aromatic carbocycles. The van der Waals surface area contributed by atoms with E-state index >= 15 is 0 Å². The number of tetrazole rings is 1. The number of rotatable bonds is 3. The van der Waals surface area contributed by atoms with Crippen molar-refractivity contribution in [1.82, 2.24) is 25.6 Å². The molecule has 2 aromatic rings. The lowest BCUT2D eigenvalue weighted by Crippen LogP contribution is -2.29. The van der Waals surface area contributed by atoms with Crippen molar-refractivity contribution >= 4 is 11.3 Å². The summed E-state index contributed by atoms with van der Waals surface area (Å²) in [6.45, 7) is 0. The molecule has 0 spiro atoms. The summed E-state index contributed by atoms with van der Waals surface area (Å²) in [7, 11) is 1.72. The van der Waals surface area contributed by atoms with E-state index in [0.29, 0.717) is 5.82 Å². The van der Waals surface area contributed by atoms with Gasteiger partial charge in [0, 0.05) is 0 Å². The van der Waals surface area contributed by atoms with E-state index in [1.165, 1.54) is 4.80 Å². The fourth-order valence-electron chi connectivity index (χ4n) is 1.17. The predicted molar refractivity (Wildman–Crippen MR) is 52.3 cm³/mol. The highest BCUT2D eigenvalue weighted by molar-refractivity contribution is 7.07. The lowest BCUT2D eigenvalue weighted by Gasteiger charge is -2.08. The molecule has 0 aliphatic rings. The Bertz CT molecular complexity index is 394. The zero-order valence-corrected chi connectivity index (χ0v) is 8.40. The molecule has 2 aromatic heterocycles. The molecule has 0 amide bonds. The summed E-state index contributed by atoms with van der Waals surface area (Å²) in [4.78, 5) is 1.41. The third-order valence-corrected chi connectivity index (χ3v) is 2.53. The van der Waals surface area contributed by atoms with E-state index in [2.05, 4.69) is 20.8 Å². The van der Waals surface area contributed by atoms with Crippen LogP contribution in [0.15, 0.2) is 16.8 Å². The molecule has 1 atom stereocenters. The average Bonchev–Trinajstić information content (AvgIpc) is 2.79. The second-order valence-electron chi connectivity index (χ2n) is 2.79. The molecule has 0 saturated heterocycles. The van der Waals surface area contributed by atoms with Crippen molar-refractivity contribution in [3.05, 3.63) is 28.2 Å². The zero-order valence-electron chi connectivity index (χ0n) is 7.58. The molecule has 0 saturated carbocycles. The van der Waals surface area contributed by atoms with E-state index in [9.17, 15) is 0 Å². The van der Waals surface area contributed by atoms with E-state index < -0.39 is 0 Å². The van der Waals surface area contributed by atoms with Gasteiger partial charge in [-0.15, -0.1) is 10.2 Å². The van der Waals surface area contributed by atoms with Crippen molar-refractivity contribution in [2.45, 2.75) is 6.04 Å². The van der Waals surface area contributed by atoms with Gasteiger partial charge in [-0.3, -0.25) is 5.84 Å². The zero-order chi connectivity index (χ0) is 9.97. The lowest BCUT2D eigenvalue weighted by molar-refractivity contribution is 0.590. The molecule has 0 aliphatic carbocycles. The Labute approximate surface area is 84.7 Å². The van der Waals surface area contributed by atoms with Gasteiger partial charge < -0.3 is 0 Å². The van der Waals surface area contributed by atoms with Gasteiger partial charge in [-0.05, 0) is 27.6 Å². The molecule has 0 radical (unpaired) electrons. The Morgan fingerprint density at radius 3 is 3.00 bits per heavy atom. The highest BCUT2D eigenvalue weighted by Gasteiger charge is 2.17. The molecule has 0 aliphatic heterocycles. The van der Waals surface area contributed by atoms with Crippen LogP contribution >= 0.6 is 11.3 Å². The van der Waals surface area contributed by atoms with Gasteiger partial charge in [0.25, 0.3) is 0 Å². The van der Waals surface area contributed by atoms with Crippen molar-refractivity contribution in [3.63, 3.8) is 0 Å². The van der Waals surface area contributed by atoms with E-state index in [1.54, 1.807) is 18.4 Å². The van der Waals surface area contributed by atoms with Gasteiger partial charge in [0.2, 0.25) is 0 Å². The monoisotopic (exact) mass is 210 g/mol. The largest absolute Gasteiger partial charge is 0.270 e. The number of aromatic nitrogens is 4. The summed E-state index contributed by atoms with van der Waals surface area (Å²) >= 11 is 1.61. The van der Waals surface area contributed by atoms with Crippen LogP contribution in [0.4, 0.5) is 0 Å². The Balaban J connectivity index is 2.31. The Hall–Kier alpha value is -1.31. The fourth-order valence-corrected chi connectivity index (χ4v) is 1.86. The summed E-state index contributed by atoms with van der Waals surface area (Å²) in [5, 5.41) is 15.7. The third-order valence-electron chi connectivity index (χ3n) is 1.83. The van der Waals surface area contributed by atoms with Gasteiger partial charge in [0.15, 0.2) is 5.82 Å². The lowest BCUT2D eigenvalue weighted by atomic mass is 10.1. The van der Waals surface area contributed by atoms with Crippen molar-refractivity contribution in [2.75, 3.05) is 0 Å². The third kappa shape index (κ3) is 1.65. The molecule has 2 rings (SSSR count). The quantitative estimate of drug-likeness (QED) is 0.542. The van der Waals surface area contributed by atoms with Crippen LogP contribution in [-0.4, -0.2) is 20.2 Å². The Kier molecular flexibility index (Phi) is 2.53. The Morgan fingerprint density at radius 2 is 2.50 bits per heavy atom. The molecule has 7 heteroatoms. The topological polar surface area (TPSA) is 81.7 Å². The summed E-state index contributed by atoms with van der Waals surface area (Å²) in [5.41, 5.74) is 3.71. The van der Waals surface area contributed by atoms with E-state index in [0.717, 1.165) is 5.56 Å². The van der Waals surface area contributed by atoms with Crippen LogP contribution in [0.5, 0.6) is 0 Å². The average molecular weight is 210 g/mol. The maximum absolute atomic E-state index is 5.44. The van der Waals surface area contributed by atoms with E-state index in [4.69, 9.17) is 5.84 Å². The molecule has 14 heavy (non-hydrogen) atoms. The van der Waals surface area contributed by atoms with Crippen molar-refractivity contribution < 1.29 is 0 Å². The second-order valence-corrected chi connectivity index (χ2v) is 3.57. The molecule has 0 bridgehead atoms. The molecule has 3 N–H and O–H groups in total. The van der Waals surface area contributed by atoms with Crippen LogP contribution in [0.2, 0.25) is 0 Å². The highest BCUT2D eigenvalue weighted by Crippen LogP contribution is 2.19. The molecular weight excluding hydrogens is 200 g/mol. The minimum absolute atomic E-state index is 0.185. The number of thiophene rings is 1. The number of hydrazine groups is 1. The number of nitrogens with one attached hydrogen (secondary N) is 1. The molecule has 0 fully saturated rings. The summed E-state index contributed by atoms with van der Waals surface area (Å²) < 4.78 is 0. The van der Waals surface area contributed by atoms with Crippen LogP contribution in [0.3, 0.4) is 0 Å². The van der Waals surface area contributed by atoms with Crippen LogP contribution in [0.1, 0.15) is 17.4 Å². The number of nitrogens with two attached hydrogens (primary N) is 1. The van der Waals surface area contributed by atoms with Crippen molar-refractivity contribution in [3.8, 4) is 0 Å². The van der Waals surface area contributed by atoms with Crippen molar-refractivity contribution in [2.24, 2.45) is 12.9 Å². The SMILES string of the molecule is Cn1nnc(C(NN)c2ccsc2)n1. The number of nitrogens with zero attached hydrogens (tertiary/aromatic N) is 4. The molecule has 6 nitrogen and oxygen atoms in total. The van der Waals surface area contributed by atoms with Gasteiger partial charge in [-0.2, -0.15) is 16.1 Å². The maximum atomic E-state index is 5.44. The maximum Gasteiger partial charge on any atom is 0.197 e. The number of hydrogen-bond donors (Lipinski definition) is 2. The van der Waals surface area contributed by atoms with Gasteiger partial charge >= 0.3 is 0 Å². The highest BCUT2D eigenvalue weighted by atomic mass is 32.1. The van der Waals surface area contributed by atoms with Crippen LogP contribution in [0.25, 0.3) is 0 Å². The van der Waals surface area contributed by atoms with Gasteiger partial charge in [-0.1, -0.05) is 0 Å². The smallest absolute Gasteiger partial charge is 0.197 e. The van der Waals surface area contributed by atoms with Crippen LogP contribution in [-0.2, 0) is 7.05 Å². The normalized spacial score (nSPS) is 13.0. The molecule has 74 valence electrons. The van der Waals surface area contributed by atoms with E-state index in [1.807, 2.05) is 16.8 Å². The molecule has 2 heterocycles. The summed E-state index contributed by atoms with van der Waals surface area (Å²) in [6, 6.07) is 1.79. The summed E-state index contributed by atoms with van der Waals surface area (Å²) in [5.74, 6) is 6.02. The van der Waals surface area contributed by atoms with Gasteiger partial charge in [-0.25, -0.2) is 5.43 Å². The standard InChI is InChI=1S/C7H10N6S/c1-13-11-7(10-12-13)6(9-8)5-2-3-14-4-5/h2-4,6,9H,8H2,1H3. The predicted octanol–water partition coefficient (Wildman–Crippen LogP) is -0.176. The number of aryl methyl sites for hydroxylation is 1. The second kappa shape index (κ2) is 3.82. The van der Waals surface area contributed by atoms with E-state index in [-0.39, 0.29) is 6.04 Å². The Morgan fingerprint density at radius 1 is 1.64 bits per heavy atom. The minimum Gasteiger partial charge on any atom is -0.270 e. The molecular formula is C7H10N6S. The van der Waals surface area contributed by atoms with Gasteiger partial charge in [0.05, 0.1) is 7.05 Å². The van der Waals surface area contributed by atoms with Gasteiger partial charge in [0.1, 0.15) is 6.04 Å². The minimum atomic E-state index is -0.185. The first-order valence-corrected chi connectivity index (χ1v) is 4.97. The summed E-state index contributed by atoms with van der Waals surface area (Å²) in [6.07, 6.45) is 0. The van der Waals surface area contributed by atoms with Crippen molar-refractivity contribution in [1.29, 1.82) is 0 Å². The molecule has 1 unspecified atom stereocenters. The first kappa shape index (κ1) is 9.25.